The molecule has 0 aliphatic carbocycles. The van der Waals surface area contributed by atoms with Crippen molar-refractivity contribution in [3.05, 3.63) is 18.2 Å². The third kappa shape index (κ3) is 4.16. The highest BCUT2D eigenvalue weighted by atomic mass is 32.2. The number of carbonyl (C=O) groups is 2. The predicted octanol–water partition coefficient (Wildman–Crippen LogP) is 0.133. The summed E-state index contributed by atoms with van der Waals surface area (Å²) in [7, 11) is -3.68. The molecule has 0 saturated carbocycles. The number of piperazine rings is 1. The van der Waals surface area contributed by atoms with Gasteiger partial charge in [0.1, 0.15) is 6.61 Å². The first-order chi connectivity index (χ1) is 13.9. The van der Waals surface area contributed by atoms with Gasteiger partial charge in [0.05, 0.1) is 31.2 Å². The topological polar surface area (TPSA) is 106 Å². The summed E-state index contributed by atoms with van der Waals surface area (Å²) in [6.45, 7) is 2.87. The molecule has 10 nitrogen and oxygen atoms in total. The zero-order valence-electron chi connectivity index (χ0n) is 15.9. The molecule has 11 heteroatoms. The van der Waals surface area contributed by atoms with Gasteiger partial charge in [-0.2, -0.15) is 4.31 Å². The summed E-state index contributed by atoms with van der Waals surface area (Å²) in [5.74, 6) is 0.655. The first-order valence-corrected chi connectivity index (χ1v) is 11.0. The number of hydrogen-bond acceptors (Lipinski definition) is 8. The maximum atomic E-state index is 13.0. The summed E-state index contributed by atoms with van der Waals surface area (Å²) < 4.78 is 43.4. The second-order valence-electron chi connectivity index (χ2n) is 7.00. The van der Waals surface area contributed by atoms with Crippen molar-refractivity contribution in [1.82, 2.24) is 14.1 Å². The van der Waals surface area contributed by atoms with Gasteiger partial charge in [0, 0.05) is 38.7 Å². The van der Waals surface area contributed by atoms with Crippen LogP contribution in [0.15, 0.2) is 23.1 Å². The minimum atomic E-state index is -3.68. The Balaban J connectivity index is 1.38. The predicted molar refractivity (Wildman–Crippen MR) is 100 cm³/mol. The van der Waals surface area contributed by atoms with Crippen LogP contribution in [-0.2, 0) is 19.6 Å². The van der Waals surface area contributed by atoms with Crippen LogP contribution in [0.4, 0.5) is 4.79 Å². The third-order valence-electron chi connectivity index (χ3n) is 5.11. The van der Waals surface area contributed by atoms with E-state index in [0.717, 1.165) is 11.3 Å². The van der Waals surface area contributed by atoms with Crippen molar-refractivity contribution in [2.24, 2.45) is 0 Å². The van der Waals surface area contributed by atoms with Gasteiger partial charge in [0.2, 0.25) is 15.9 Å². The van der Waals surface area contributed by atoms with Crippen LogP contribution >= 0.6 is 0 Å². The van der Waals surface area contributed by atoms with E-state index in [9.17, 15) is 18.0 Å². The molecule has 0 spiro atoms. The van der Waals surface area contributed by atoms with E-state index in [-0.39, 0.29) is 43.6 Å². The Morgan fingerprint density at radius 2 is 1.66 bits per heavy atom. The molecule has 1 aromatic rings. The van der Waals surface area contributed by atoms with E-state index in [0.29, 0.717) is 37.8 Å². The van der Waals surface area contributed by atoms with Crippen LogP contribution in [0.3, 0.4) is 0 Å². The molecule has 29 heavy (non-hydrogen) atoms. The first-order valence-electron chi connectivity index (χ1n) is 9.54. The number of sulfonamides is 1. The third-order valence-corrected chi connectivity index (χ3v) is 7.00. The van der Waals surface area contributed by atoms with Crippen LogP contribution in [0.2, 0.25) is 0 Å². The number of fused-ring (bicyclic) bond motifs is 1. The Morgan fingerprint density at radius 3 is 2.34 bits per heavy atom. The van der Waals surface area contributed by atoms with Crippen molar-refractivity contribution in [3.8, 4) is 11.5 Å². The highest BCUT2D eigenvalue weighted by Crippen LogP contribution is 2.33. The SMILES string of the molecule is O=C(CN1CCN(S(=O)(=O)c2ccc3c(c2)OCCCO3)CC1)N1CCOC1=O. The van der Waals surface area contributed by atoms with Crippen LogP contribution in [0.5, 0.6) is 11.5 Å². The van der Waals surface area contributed by atoms with Crippen LogP contribution in [0.25, 0.3) is 0 Å². The van der Waals surface area contributed by atoms with Crippen molar-refractivity contribution >= 4 is 22.0 Å². The van der Waals surface area contributed by atoms with E-state index >= 15 is 0 Å². The summed E-state index contributed by atoms with van der Waals surface area (Å²) in [6.07, 6.45) is 0.123. The highest BCUT2D eigenvalue weighted by molar-refractivity contribution is 7.89. The second kappa shape index (κ2) is 8.17. The quantitative estimate of drug-likeness (QED) is 0.671. The Labute approximate surface area is 168 Å². The number of hydrogen-bond donors (Lipinski definition) is 0. The number of carbonyl (C=O) groups excluding carboxylic acids is 2. The highest BCUT2D eigenvalue weighted by Gasteiger charge is 2.33. The number of nitrogens with zero attached hydrogens (tertiary/aromatic N) is 3. The Morgan fingerprint density at radius 1 is 0.931 bits per heavy atom. The molecule has 0 aromatic heterocycles. The Kier molecular flexibility index (Phi) is 5.61. The Bertz CT molecular complexity index is 897. The molecule has 0 N–H and O–H groups in total. The fourth-order valence-electron chi connectivity index (χ4n) is 3.48. The molecule has 2 fully saturated rings. The number of imide groups is 1. The Hall–Kier alpha value is -2.37. The largest absolute Gasteiger partial charge is 0.490 e. The van der Waals surface area contributed by atoms with E-state index in [1.807, 2.05) is 4.90 Å². The van der Waals surface area contributed by atoms with Gasteiger partial charge < -0.3 is 14.2 Å². The zero-order valence-corrected chi connectivity index (χ0v) is 16.7. The van der Waals surface area contributed by atoms with Crippen LogP contribution < -0.4 is 9.47 Å². The van der Waals surface area contributed by atoms with Crippen LogP contribution in [0.1, 0.15) is 6.42 Å². The molecule has 2 amide bonds. The fraction of sp³-hybridized carbons (Fsp3) is 0.556. The minimum absolute atomic E-state index is 0.0625. The maximum Gasteiger partial charge on any atom is 0.416 e. The minimum Gasteiger partial charge on any atom is -0.490 e. The average Bonchev–Trinajstić information content (AvgIpc) is 3.01. The number of rotatable bonds is 4. The van der Waals surface area contributed by atoms with Gasteiger partial charge in [-0.1, -0.05) is 0 Å². The molecule has 1 aromatic carbocycles. The van der Waals surface area contributed by atoms with Gasteiger partial charge >= 0.3 is 6.09 Å². The molecule has 0 radical (unpaired) electrons. The smallest absolute Gasteiger partial charge is 0.416 e. The molecule has 3 heterocycles. The monoisotopic (exact) mass is 425 g/mol. The van der Waals surface area contributed by atoms with Gasteiger partial charge in [-0.05, 0) is 12.1 Å². The summed E-state index contributed by atoms with van der Waals surface area (Å²) in [5, 5.41) is 0. The fourth-order valence-corrected chi connectivity index (χ4v) is 4.92. The van der Waals surface area contributed by atoms with Crippen molar-refractivity contribution in [3.63, 3.8) is 0 Å². The first kappa shape index (κ1) is 19.9. The summed E-state index contributed by atoms with van der Waals surface area (Å²) in [6, 6.07) is 4.65. The number of ether oxygens (including phenoxy) is 3. The van der Waals surface area contributed by atoms with Gasteiger partial charge in [-0.25, -0.2) is 18.1 Å². The van der Waals surface area contributed by atoms with Crippen molar-refractivity contribution in [2.75, 3.05) is 59.1 Å². The summed E-state index contributed by atoms with van der Waals surface area (Å²) in [5.41, 5.74) is 0. The van der Waals surface area contributed by atoms with Crippen molar-refractivity contribution < 1.29 is 32.2 Å². The summed E-state index contributed by atoms with van der Waals surface area (Å²) >= 11 is 0. The normalized spacial score (nSPS) is 21.0. The molecule has 3 aliphatic heterocycles. The van der Waals surface area contributed by atoms with Gasteiger partial charge in [0.25, 0.3) is 0 Å². The van der Waals surface area contributed by atoms with Crippen LogP contribution in [-0.4, -0.2) is 93.6 Å². The van der Waals surface area contributed by atoms with Crippen molar-refractivity contribution in [1.29, 1.82) is 0 Å². The molecule has 2 saturated heterocycles. The molecule has 0 unspecified atom stereocenters. The number of amides is 2. The molecular formula is C18H23N3O7S. The lowest BCUT2D eigenvalue weighted by molar-refractivity contribution is -0.129. The molecule has 0 bridgehead atoms. The summed E-state index contributed by atoms with van der Waals surface area (Å²) in [4.78, 5) is 26.8. The van der Waals surface area contributed by atoms with Crippen LogP contribution in [0, 0.1) is 0 Å². The molecule has 0 atom stereocenters. The van der Waals surface area contributed by atoms with E-state index in [1.54, 1.807) is 6.07 Å². The molecule has 158 valence electrons. The molecule has 3 aliphatic rings. The average molecular weight is 425 g/mol. The van der Waals surface area contributed by atoms with E-state index < -0.39 is 16.1 Å². The van der Waals surface area contributed by atoms with E-state index in [1.165, 1.54) is 16.4 Å². The van der Waals surface area contributed by atoms with Gasteiger partial charge in [-0.3, -0.25) is 9.69 Å². The zero-order chi connectivity index (χ0) is 20.4. The van der Waals surface area contributed by atoms with E-state index in [4.69, 9.17) is 14.2 Å². The number of benzene rings is 1. The van der Waals surface area contributed by atoms with Crippen molar-refractivity contribution in [2.45, 2.75) is 11.3 Å². The van der Waals surface area contributed by atoms with Gasteiger partial charge in [0.15, 0.2) is 11.5 Å². The number of cyclic esters (lactones) is 1. The molecular weight excluding hydrogens is 402 g/mol. The second-order valence-corrected chi connectivity index (χ2v) is 8.94. The lowest BCUT2D eigenvalue weighted by Crippen LogP contribution is -2.51. The lowest BCUT2D eigenvalue weighted by atomic mass is 10.3. The van der Waals surface area contributed by atoms with Gasteiger partial charge in [-0.15, -0.1) is 0 Å². The van der Waals surface area contributed by atoms with E-state index in [2.05, 4.69) is 0 Å². The lowest BCUT2D eigenvalue weighted by Gasteiger charge is -2.34. The standard InChI is InChI=1S/C18H23N3O7S/c22-17(21-8-11-28-18(21)23)13-19-4-6-20(7-5-19)29(24,25)14-2-3-15-16(12-14)27-10-1-9-26-15/h2-3,12H,1,4-11,13H2. The maximum absolute atomic E-state index is 13.0. The molecule has 4 rings (SSSR count).